The summed E-state index contributed by atoms with van der Waals surface area (Å²) in [6.45, 7) is 1.38. The van der Waals surface area contributed by atoms with Gasteiger partial charge in [-0.15, -0.1) is 0 Å². The van der Waals surface area contributed by atoms with Gasteiger partial charge in [0.1, 0.15) is 6.54 Å². The van der Waals surface area contributed by atoms with Crippen LogP contribution < -0.4 is 0 Å². The molecule has 0 aromatic heterocycles. The number of hydrogen-bond acceptors (Lipinski definition) is 2. The zero-order valence-electron chi connectivity index (χ0n) is 10.2. The summed E-state index contributed by atoms with van der Waals surface area (Å²) in [6.07, 6.45) is 0. The molecule has 1 saturated heterocycles. The van der Waals surface area contributed by atoms with Crippen LogP contribution in [0.15, 0.2) is 24.3 Å². The molecule has 0 N–H and O–H groups in total. The van der Waals surface area contributed by atoms with Gasteiger partial charge in [-0.25, -0.2) is 0 Å². The lowest BCUT2D eigenvalue weighted by Crippen LogP contribution is -2.50. The average molecular weight is 311 g/mol. The fourth-order valence-corrected chi connectivity index (χ4v) is 2.22. The van der Waals surface area contributed by atoms with Crippen LogP contribution in [-0.2, 0) is 10.1 Å². The van der Waals surface area contributed by atoms with Gasteiger partial charge in [0, 0.05) is 31.0 Å². The second-order valence-corrected chi connectivity index (χ2v) is 4.93. The van der Waals surface area contributed by atoms with E-state index in [9.17, 15) is 9.59 Å². The van der Waals surface area contributed by atoms with Crippen molar-refractivity contribution in [3.63, 3.8) is 0 Å². The summed E-state index contributed by atoms with van der Waals surface area (Å²) in [5, 5.41) is 0.772. The molecule has 96 valence electrons. The van der Waals surface area contributed by atoms with Gasteiger partial charge in [-0.2, -0.15) is 0 Å². The Bertz CT molecular complexity index is 459. The van der Waals surface area contributed by atoms with Crippen molar-refractivity contribution in [2.24, 2.45) is 0 Å². The molecule has 0 unspecified atom stereocenters. The summed E-state index contributed by atoms with van der Waals surface area (Å²) in [4.78, 5) is 27.0. The van der Waals surface area contributed by atoms with Gasteiger partial charge in [-0.1, -0.05) is 28.1 Å². The molecule has 2 amide bonds. The maximum atomic E-state index is 12.2. The first kappa shape index (κ1) is 13.1. The number of hydrogen-bond donors (Lipinski definition) is 0. The van der Waals surface area contributed by atoms with Gasteiger partial charge in [0.2, 0.25) is 5.91 Å². The van der Waals surface area contributed by atoms with Gasteiger partial charge in [-0.05, 0) is 17.7 Å². The highest BCUT2D eigenvalue weighted by molar-refractivity contribution is 9.08. The van der Waals surface area contributed by atoms with Gasteiger partial charge in [-0.3, -0.25) is 9.59 Å². The molecule has 0 saturated carbocycles. The summed E-state index contributed by atoms with van der Waals surface area (Å²) < 4.78 is 0. The number of alkyl halides is 1. The van der Waals surface area contributed by atoms with Crippen LogP contribution in [0.5, 0.6) is 0 Å². The lowest BCUT2D eigenvalue weighted by Gasteiger charge is -2.32. The Morgan fingerprint density at radius 1 is 1.28 bits per heavy atom. The molecule has 1 heterocycles. The van der Waals surface area contributed by atoms with Crippen molar-refractivity contribution in [2.45, 2.75) is 5.33 Å². The molecular weight excluding hydrogens is 296 g/mol. The van der Waals surface area contributed by atoms with Crippen molar-refractivity contribution < 1.29 is 9.59 Å². The molecule has 1 aliphatic rings. The third-order valence-corrected chi connectivity index (χ3v) is 3.75. The Morgan fingerprint density at radius 2 is 1.94 bits per heavy atom. The SMILES string of the molecule is CN1CCN(C(=O)c2ccc(CBr)cc2)CC1=O. The van der Waals surface area contributed by atoms with Crippen LogP contribution in [0.4, 0.5) is 0 Å². The topological polar surface area (TPSA) is 40.6 Å². The maximum Gasteiger partial charge on any atom is 0.254 e. The van der Waals surface area contributed by atoms with Crippen molar-refractivity contribution in [1.82, 2.24) is 9.80 Å². The lowest BCUT2D eigenvalue weighted by atomic mass is 10.1. The predicted molar refractivity (Wildman–Crippen MR) is 72.6 cm³/mol. The van der Waals surface area contributed by atoms with E-state index in [1.807, 2.05) is 24.3 Å². The van der Waals surface area contributed by atoms with E-state index in [0.717, 1.165) is 10.9 Å². The molecule has 5 heteroatoms. The van der Waals surface area contributed by atoms with E-state index in [2.05, 4.69) is 15.9 Å². The minimum atomic E-state index is -0.0717. The Labute approximate surface area is 115 Å². The number of halogens is 1. The minimum Gasteiger partial charge on any atom is -0.342 e. The molecule has 0 atom stereocenters. The smallest absolute Gasteiger partial charge is 0.254 e. The molecule has 18 heavy (non-hydrogen) atoms. The number of carbonyl (C=O) groups excluding carboxylic acids is 2. The number of likely N-dealkylation sites (N-methyl/N-ethyl adjacent to an activating group) is 1. The van der Waals surface area contributed by atoms with E-state index < -0.39 is 0 Å². The van der Waals surface area contributed by atoms with E-state index in [4.69, 9.17) is 0 Å². The highest BCUT2D eigenvalue weighted by Crippen LogP contribution is 2.12. The number of carbonyl (C=O) groups is 2. The Balaban J connectivity index is 2.08. The van der Waals surface area contributed by atoms with Gasteiger partial charge in [0.15, 0.2) is 0 Å². The molecule has 1 aromatic carbocycles. The highest BCUT2D eigenvalue weighted by Gasteiger charge is 2.25. The molecule has 1 fully saturated rings. The molecule has 0 bridgehead atoms. The normalized spacial score (nSPS) is 16.0. The van der Waals surface area contributed by atoms with Gasteiger partial charge in [0.05, 0.1) is 0 Å². The molecule has 0 spiro atoms. The fraction of sp³-hybridized carbons (Fsp3) is 0.385. The minimum absolute atomic E-state index is 0.00771. The van der Waals surface area contributed by atoms with Crippen LogP contribution in [0.3, 0.4) is 0 Å². The molecule has 1 aliphatic heterocycles. The van der Waals surface area contributed by atoms with Crippen molar-refractivity contribution in [2.75, 3.05) is 26.7 Å². The number of amides is 2. The molecule has 1 aromatic rings. The van der Waals surface area contributed by atoms with E-state index in [1.54, 1.807) is 16.8 Å². The molecule has 4 nitrogen and oxygen atoms in total. The maximum absolute atomic E-state index is 12.2. The summed E-state index contributed by atoms with van der Waals surface area (Å²) >= 11 is 3.36. The van der Waals surface area contributed by atoms with Gasteiger partial charge >= 0.3 is 0 Å². The van der Waals surface area contributed by atoms with Gasteiger partial charge in [0.25, 0.3) is 5.91 Å². The van der Waals surface area contributed by atoms with Crippen LogP contribution in [-0.4, -0.2) is 48.3 Å². The monoisotopic (exact) mass is 310 g/mol. The van der Waals surface area contributed by atoms with Crippen molar-refractivity contribution in [1.29, 1.82) is 0 Å². The summed E-state index contributed by atoms with van der Waals surface area (Å²) in [5.74, 6) is -0.0794. The molecule has 2 rings (SSSR count). The third-order valence-electron chi connectivity index (χ3n) is 3.10. The quantitative estimate of drug-likeness (QED) is 0.777. The van der Waals surface area contributed by atoms with Crippen LogP contribution in [0.1, 0.15) is 15.9 Å². The second-order valence-electron chi connectivity index (χ2n) is 4.37. The van der Waals surface area contributed by atoms with Crippen molar-refractivity contribution in [3.8, 4) is 0 Å². The van der Waals surface area contributed by atoms with E-state index >= 15 is 0 Å². The summed E-state index contributed by atoms with van der Waals surface area (Å²) in [7, 11) is 1.76. The Hall–Kier alpha value is -1.36. The predicted octanol–water partition coefficient (Wildman–Crippen LogP) is 1.50. The lowest BCUT2D eigenvalue weighted by molar-refractivity contribution is -0.133. The van der Waals surface area contributed by atoms with E-state index in [0.29, 0.717) is 18.7 Å². The van der Waals surface area contributed by atoms with Crippen molar-refractivity contribution in [3.05, 3.63) is 35.4 Å². The number of rotatable bonds is 2. The average Bonchev–Trinajstić information content (AvgIpc) is 2.41. The van der Waals surface area contributed by atoms with E-state index in [-0.39, 0.29) is 18.4 Å². The van der Waals surface area contributed by atoms with E-state index in [1.165, 1.54) is 0 Å². The Kier molecular flexibility index (Phi) is 4.01. The molecule has 0 aliphatic carbocycles. The highest BCUT2D eigenvalue weighted by atomic mass is 79.9. The van der Waals surface area contributed by atoms with Crippen LogP contribution in [0.25, 0.3) is 0 Å². The second kappa shape index (κ2) is 5.52. The van der Waals surface area contributed by atoms with Gasteiger partial charge < -0.3 is 9.80 Å². The first-order chi connectivity index (χ1) is 8.61. The van der Waals surface area contributed by atoms with Crippen LogP contribution in [0.2, 0.25) is 0 Å². The summed E-state index contributed by atoms with van der Waals surface area (Å²) in [5.41, 5.74) is 1.76. The number of piperazine rings is 1. The zero-order valence-corrected chi connectivity index (χ0v) is 11.8. The standard InChI is InChI=1S/C13H15BrN2O2/c1-15-6-7-16(9-12(15)17)13(18)11-4-2-10(8-14)3-5-11/h2-5H,6-9H2,1H3. The van der Waals surface area contributed by atoms with Crippen LogP contribution in [0, 0.1) is 0 Å². The number of benzene rings is 1. The number of nitrogens with zero attached hydrogens (tertiary/aromatic N) is 2. The largest absolute Gasteiger partial charge is 0.342 e. The Morgan fingerprint density at radius 3 is 2.50 bits per heavy atom. The first-order valence-corrected chi connectivity index (χ1v) is 6.92. The third kappa shape index (κ3) is 2.72. The zero-order chi connectivity index (χ0) is 13.1. The van der Waals surface area contributed by atoms with Crippen molar-refractivity contribution >= 4 is 27.7 Å². The molecule has 0 radical (unpaired) electrons. The summed E-state index contributed by atoms with van der Waals surface area (Å²) in [6, 6.07) is 7.45. The molecular formula is C13H15BrN2O2. The van der Waals surface area contributed by atoms with Crippen LogP contribution >= 0.6 is 15.9 Å². The fourth-order valence-electron chi connectivity index (χ4n) is 1.85. The first-order valence-electron chi connectivity index (χ1n) is 5.80.